The molecule has 0 saturated carbocycles. The molecule has 1 aromatic carbocycles. The largest absolute Gasteiger partial charge is 0.361 e. The van der Waals surface area contributed by atoms with Crippen LogP contribution in [0.3, 0.4) is 0 Å². The number of thiazole rings is 1. The van der Waals surface area contributed by atoms with Crippen LogP contribution in [-0.4, -0.2) is 36.1 Å². The van der Waals surface area contributed by atoms with E-state index in [4.69, 9.17) is 0 Å². The maximum atomic E-state index is 13.5. The Kier molecular flexibility index (Phi) is 6.45. The van der Waals surface area contributed by atoms with E-state index < -0.39 is 0 Å². The normalized spacial score (nSPS) is 12.1. The predicted octanol–water partition coefficient (Wildman–Crippen LogP) is 3.84. The second-order valence-corrected chi connectivity index (χ2v) is 7.65. The molecule has 3 rings (SSSR count). The van der Waals surface area contributed by atoms with E-state index >= 15 is 0 Å². The standard InChI is InChI=1S/C20H26FN5S/c1-13(2)19-26-16(12-27-19)7-9-24-20(22-3)23-8-6-14-11-25-18-5-4-15(21)10-17(14)18/h4-5,10-13,25H,6-9H2,1-3H3,(H2,22,23,24). The molecule has 2 heterocycles. The monoisotopic (exact) mass is 387 g/mol. The summed E-state index contributed by atoms with van der Waals surface area (Å²) in [7, 11) is 1.76. The highest BCUT2D eigenvalue weighted by Gasteiger charge is 2.07. The van der Waals surface area contributed by atoms with Crippen molar-refractivity contribution in [2.75, 3.05) is 20.1 Å². The van der Waals surface area contributed by atoms with Crippen LogP contribution in [0.1, 0.15) is 36.0 Å². The molecule has 0 bridgehead atoms. The number of H-pyrrole nitrogens is 1. The topological polar surface area (TPSA) is 65.1 Å². The van der Waals surface area contributed by atoms with Gasteiger partial charge in [-0.1, -0.05) is 13.8 Å². The van der Waals surface area contributed by atoms with Gasteiger partial charge in [0.1, 0.15) is 5.82 Å². The molecule has 0 saturated heterocycles. The molecule has 0 spiro atoms. The molecular formula is C20H26FN5S. The van der Waals surface area contributed by atoms with Crippen LogP contribution >= 0.6 is 11.3 Å². The number of aliphatic imine (C=N–C) groups is 1. The second-order valence-electron chi connectivity index (χ2n) is 6.76. The van der Waals surface area contributed by atoms with Crippen molar-refractivity contribution in [1.82, 2.24) is 20.6 Å². The van der Waals surface area contributed by atoms with Crippen LogP contribution < -0.4 is 10.6 Å². The summed E-state index contributed by atoms with van der Waals surface area (Å²) in [5.41, 5.74) is 3.17. The Balaban J connectivity index is 1.45. The molecule has 27 heavy (non-hydrogen) atoms. The van der Waals surface area contributed by atoms with Crippen molar-refractivity contribution >= 4 is 28.2 Å². The third-order valence-corrected chi connectivity index (χ3v) is 5.57. The van der Waals surface area contributed by atoms with Crippen molar-refractivity contribution < 1.29 is 4.39 Å². The first-order chi connectivity index (χ1) is 13.1. The first-order valence-corrected chi connectivity index (χ1v) is 10.1. The van der Waals surface area contributed by atoms with E-state index in [9.17, 15) is 4.39 Å². The zero-order chi connectivity index (χ0) is 19.2. The molecule has 0 fully saturated rings. The number of guanidine groups is 1. The summed E-state index contributed by atoms with van der Waals surface area (Å²) in [5.74, 6) is 1.03. The van der Waals surface area contributed by atoms with Crippen molar-refractivity contribution in [3.05, 3.63) is 51.9 Å². The molecule has 0 atom stereocenters. The number of rotatable bonds is 7. The summed E-state index contributed by atoms with van der Waals surface area (Å²) < 4.78 is 13.5. The number of nitrogens with one attached hydrogen (secondary N) is 3. The van der Waals surface area contributed by atoms with Gasteiger partial charge in [0.25, 0.3) is 0 Å². The van der Waals surface area contributed by atoms with Gasteiger partial charge >= 0.3 is 0 Å². The highest BCUT2D eigenvalue weighted by molar-refractivity contribution is 7.09. The molecule has 3 N–H and O–H groups in total. The summed E-state index contributed by atoms with van der Waals surface area (Å²) in [6.07, 6.45) is 3.59. The van der Waals surface area contributed by atoms with Gasteiger partial charge in [-0.25, -0.2) is 9.37 Å². The first kappa shape index (κ1) is 19.4. The fourth-order valence-corrected chi connectivity index (χ4v) is 3.77. The minimum Gasteiger partial charge on any atom is -0.361 e. The summed E-state index contributed by atoms with van der Waals surface area (Å²) in [6, 6.07) is 4.82. The number of fused-ring (bicyclic) bond motifs is 1. The fourth-order valence-electron chi connectivity index (χ4n) is 2.91. The van der Waals surface area contributed by atoms with Crippen LogP contribution in [-0.2, 0) is 12.8 Å². The number of nitrogens with zero attached hydrogens (tertiary/aromatic N) is 2. The van der Waals surface area contributed by atoms with Crippen LogP contribution in [0.25, 0.3) is 10.9 Å². The van der Waals surface area contributed by atoms with E-state index in [1.165, 1.54) is 11.1 Å². The molecule has 0 aliphatic heterocycles. The smallest absolute Gasteiger partial charge is 0.190 e. The predicted molar refractivity (Wildman–Crippen MR) is 111 cm³/mol. The Bertz CT molecular complexity index is 912. The van der Waals surface area contributed by atoms with Gasteiger partial charge in [-0.3, -0.25) is 4.99 Å². The van der Waals surface area contributed by atoms with Gasteiger partial charge in [-0.2, -0.15) is 0 Å². The Hall–Kier alpha value is -2.41. The highest BCUT2D eigenvalue weighted by Crippen LogP contribution is 2.20. The number of aromatic amines is 1. The van der Waals surface area contributed by atoms with Crippen molar-refractivity contribution in [2.45, 2.75) is 32.6 Å². The van der Waals surface area contributed by atoms with Gasteiger partial charge in [-0.05, 0) is 30.2 Å². The number of hydrogen-bond donors (Lipinski definition) is 3. The highest BCUT2D eigenvalue weighted by atomic mass is 32.1. The molecule has 5 nitrogen and oxygen atoms in total. The molecule has 7 heteroatoms. The summed E-state index contributed by atoms with van der Waals surface area (Å²) in [5, 5.41) is 10.9. The molecular weight excluding hydrogens is 361 g/mol. The first-order valence-electron chi connectivity index (χ1n) is 9.21. The van der Waals surface area contributed by atoms with Crippen LogP contribution in [0.5, 0.6) is 0 Å². The zero-order valence-corrected chi connectivity index (χ0v) is 16.8. The van der Waals surface area contributed by atoms with E-state index in [1.807, 2.05) is 6.20 Å². The molecule has 0 radical (unpaired) electrons. The van der Waals surface area contributed by atoms with Crippen molar-refractivity contribution in [3.63, 3.8) is 0 Å². The van der Waals surface area contributed by atoms with Gasteiger partial charge in [0.05, 0.1) is 10.7 Å². The van der Waals surface area contributed by atoms with Crippen LogP contribution in [0.15, 0.2) is 34.8 Å². The van der Waals surface area contributed by atoms with Gasteiger partial charge < -0.3 is 15.6 Å². The lowest BCUT2D eigenvalue weighted by Crippen LogP contribution is -2.39. The van der Waals surface area contributed by atoms with E-state index in [0.29, 0.717) is 5.92 Å². The quantitative estimate of drug-likeness (QED) is 0.426. The lowest BCUT2D eigenvalue weighted by atomic mass is 10.1. The Morgan fingerprint density at radius 2 is 2.04 bits per heavy atom. The Labute approximate surface area is 163 Å². The van der Waals surface area contributed by atoms with Crippen molar-refractivity contribution in [1.29, 1.82) is 0 Å². The zero-order valence-electron chi connectivity index (χ0n) is 16.0. The van der Waals surface area contributed by atoms with E-state index in [0.717, 1.165) is 54.1 Å². The number of halogens is 1. The maximum absolute atomic E-state index is 13.5. The lowest BCUT2D eigenvalue weighted by molar-refractivity contribution is 0.629. The molecule has 0 unspecified atom stereocenters. The number of benzene rings is 1. The summed E-state index contributed by atoms with van der Waals surface area (Å²) >= 11 is 1.72. The average Bonchev–Trinajstić information content (AvgIpc) is 3.27. The van der Waals surface area contributed by atoms with Crippen molar-refractivity contribution in [2.24, 2.45) is 4.99 Å². The molecule has 0 aliphatic carbocycles. The Morgan fingerprint density at radius 3 is 2.74 bits per heavy atom. The van der Waals surface area contributed by atoms with Crippen molar-refractivity contribution in [3.8, 4) is 0 Å². The molecule has 2 aromatic heterocycles. The molecule has 3 aromatic rings. The lowest BCUT2D eigenvalue weighted by Gasteiger charge is -2.11. The van der Waals surface area contributed by atoms with Gasteiger partial charge in [-0.15, -0.1) is 11.3 Å². The van der Waals surface area contributed by atoms with E-state index in [2.05, 4.69) is 44.8 Å². The minimum atomic E-state index is -0.212. The second kappa shape index (κ2) is 8.99. The van der Waals surface area contributed by atoms with Crippen LogP contribution in [0.2, 0.25) is 0 Å². The third-order valence-electron chi connectivity index (χ3n) is 4.38. The molecule has 0 amide bonds. The Morgan fingerprint density at radius 1 is 1.26 bits per heavy atom. The summed E-state index contributed by atoms with van der Waals surface area (Å²) in [4.78, 5) is 12.1. The maximum Gasteiger partial charge on any atom is 0.190 e. The minimum absolute atomic E-state index is 0.212. The van der Waals surface area contributed by atoms with Gasteiger partial charge in [0.15, 0.2) is 5.96 Å². The van der Waals surface area contributed by atoms with Gasteiger partial charge in [0, 0.05) is 55.0 Å². The fraction of sp³-hybridized carbons (Fsp3) is 0.400. The number of aromatic nitrogens is 2. The van der Waals surface area contributed by atoms with E-state index in [-0.39, 0.29) is 5.82 Å². The van der Waals surface area contributed by atoms with Crippen LogP contribution in [0.4, 0.5) is 4.39 Å². The third kappa shape index (κ3) is 5.07. The molecule has 0 aliphatic rings. The molecule has 144 valence electrons. The van der Waals surface area contributed by atoms with Crippen LogP contribution in [0, 0.1) is 5.82 Å². The number of hydrogen-bond acceptors (Lipinski definition) is 3. The summed E-state index contributed by atoms with van der Waals surface area (Å²) in [6.45, 7) is 5.82. The average molecular weight is 388 g/mol. The SMILES string of the molecule is CN=C(NCCc1csc(C(C)C)n1)NCCc1c[nH]c2ccc(F)cc12. The van der Waals surface area contributed by atoms with E-state index in [1.54, 1.807) is 30.5 Å². The van der Waals surface area contributed by atoms with Gasteiger partial charge in [0.2, 0.25) is 0 Å².